The van der Waals surface area contributed by atoms with Crippen molar-refractivity contribution in [1.82, 2.24) is 4.90 Å². The Hall–Kier alpha value is -3.04. The van der Waals surface area contributed by atoms with Gasteiger partial charge < -0.3 is 19.5 Å². The zero-order chi connectivity index (χ0) is 23.1. The lowest BCUT2D eigenvalue weighted by molar-refractivity contribution is -0.122. The third-order valence-corrected chi connectivity index (χ3v) is 5.97. The van der Waals surface area contributed by atoms with E-state index < -0.39 is 0 Å². The van der Waals surface area contributed by atoms with Gasteiger partial charge in [0.25, 0.3) is 5.91 Å². The molecule has 0 atom stereocenters. The minimum absolute atomic E-state index is 0.128. The van der Waals surface area contributed by atoms with Crippen LogP contribution in [0.25, 0.3) is 6.08 Å². The van der Waals surface area contributed by atoms with E-state index in [1.54, 1.807) is 56.7 Å². The van der Waals surface area contributed by atoms with Gasteiger partial charge in [0, 0.05) is 18.7 Å². The zero-order valence-electron chi connectivity index (χ0n) is 18.0. The summed E-state index contributed by atoms with van der Waals surface area (Å²) in [6.07, 6.45) is 1.88. The summed E-state index contributed by atoms with van der Waals surface area (Å²) in [6, 6.07) is 12.5. The van der Waals surface area contributed by atoms with Crippen LogP contribution < -0.4 is 19.5 Å². The Morgan fingerprint density at radius 1 is 1.12 bits per heavy atom. The Kier molecular flexibility index (Phi) is 8.13. The molecule has 2 amide bonds. The van der Waals surface area contributed by atoms with Gasteiger partial charge in [-0.05, 0) is 55.0 Å². The first-order valence-corrected chi connectivity index (χ1v) is 11.2. The van der Waals surface area contributed by atoms with Gasteiger partial charge >= 0.3 is 0 Å². The van der Waals surface area contributed by atoms with E-state index in [4.69, 9.17) is 26.4 Å². The van der Waals surface area contributed by atoms with Gasteiger partial charge in [-0.2, -0.15) is 0 Å². The van der Waals surface area contributed by atoms with E-state index in [1.165, 1.54) is 16.7 Å². The maximum atomic E-state index is 12.8. The molecule has 0 saturated carbocycles. The number of hydrogen-bond donors (Lipinski definition) is 1. The van der Waals surface area contributed by atoms with Gasteiger partial charge in [-0.3, -0.25) is 14.5 Å². The average molecular weight is 473 g/mol. The maximum absolute atomic E-state index is 12.8. The van der Waals surface area contributed by atoms with Crippen LogP contribution in [-0.4, -0.2) is 48.4 Å². The molecule has 7 nitrogen and oxygen atoms in total. The van der Waals surface area contributed by atoms with E-state index in [0.717, 1.165) is 11.3 Å². The molecule has 1 heterocycles. The van der Waals surface area contributed by atoms with Crippen LogP contribution in [0.5, 0.6) is 17.2 Å². The first kappa shape index (κ1) is 23.6. The lowest BCUT2D eigenvalue weighted by atomic mass is 10.2. The van der Waals surface area contributed by atoms with E-state index in [1.807, 2.05) is 13.0 Å². The number of benzene rings is 2. The molecule has 0 aliphatic carbocycles. The molecule has 168 valence electrons. The lowest BCUT2D eigenvalue weighted by Crippen LogP contribution is -2.31. The molecule has 0 radical (unpaired) electrons. The second-order valence-corrected chi connectivity index (χ2v) is 8.38. The van der Waals surface area contributed by atoms with E-state index in [9.17, 15) is 9.59 Å². The number of rotatable bonds is 9. The highest BCUT2D eigenvalue weighted by Crippen LogP contribution is 2.34. The molecule has 1 fully saturated rings. The van der Waals surface area contributed by atoms with E-state index >= 15 is 0 Å². The molecule has 9 heteroatoms. The Morgan fingerprint density at radius 2 is 1.84 bits per heavy atom. The summed E-state index contributed by atoms with van der Waals surface area (Å²) in [6.45, 7) is 2.69. The van der Waals surface area contributed by atoms with Gasteiger partial charge in [-0.25, -0.2) is 0 Å². The molecular formula is C23H24N2O5S2. The fraction of sp³-hybridized carbons (Fsp3) is 0.261. The standard InChI is InChI=1S/C23H24N2O5S2/c1-4-30-17-8-6-16(7-9-17)24-21(26)11-12-25-22(27)20(32-23(25)31)14-15-5-10-18(28-2)19(13-15)29-3/h5-10,13-14H,4,11-12H2,1-3H3,(H,24,26). The molecule has 0 aromatic heterocycles. The number of methoxy groups -OCH3 is 2. The minimum atomic E-state index is -0.219. The Labute approximate surface area is 196 Å². The topological polar surface area (TPSA) is 77.1 Å². The molecule has 1 N–H and O–H groups in total. The highest BCUT2D eigenvalue weighted by Gasteiger charge is 2.32. The number of nitrogens with zero attached hydrogens (tertiary/aromatic N) is 1. The third-order valence-electron chi connectivity index (χ3n) is 4.59. The van der Waals surface area contributed by atoms with Crippen LogP contribution in [-0.2, 0) is 9.59 Å². The van der Waals surface area contributed by atoms with Crippen molar-refractivity contribution in [3.63, 3.8) is 0 Å². The number of ether oxygens (including phenoxy) is 3. The molecule has 32 heavy (non-hydrogen) atoms. The molecule has 2 aromatic carbocycles. The summed E-state index contributed by atoms with van der Waals surface area (Å²) in [5.41, 5.74) is 1.45. The minimum Gasteiger partial charge on any atom is -0.494 e. The molecular weight excluding hydrogens is 448 g/mol. The van der Waals surface area contributed by atoms with Crippen molar-refractivity contribution >= 4 is 51.9 Å². The van der Waals surface area contributed by atoms with Crippen LogP contribution in [0.4, 0.5) is 5.69 Å². The number of nitrogens with one attached hydrogen (secondary N) is 1. The molecule has 0 bridgehead atoms. The van der Waals surface area contributed by atoms with Crippen molar-refractivity contribution < 1.29 is 23.8 Å². The van der Waals surface area contributed by atoms with Crippen LogP contribution in [0.2, 0.25) is 0 Å². The van der Waals surface area contributed by atoms with Crippen molar-refractivity contribution in [2.45, 2.75) is 13.3 Å². The van der Waals surface area contributed by atoms with Gasteiger partial charge in [-0.15, -0.1) is 0 Å². The van der Waals surface area contributed by atoms with Crippen LogP contribution >= 0.6 is 24.0 Å². The van der Waals surface area contributed by atoms with E-state index in [-0.39, 0.29) is 24.8 Å². The fourth-order valence-electron chi connectivity index (χ4n) is 3.02. The predicted molar refractivity (Wildman–Crippen MR) is 130 cm³/mol. The fourth-order valence-corrected chi connectivity index (χ4v) is 4.33. The summed E-state index contributed by atoms with van der Waals surface area (Å²) in [4.78, 5) is 27.1. The van der Waals surface area contributed by atoms with Crippen LogP contribution in [0, 0.1) is 0 Å². The molecule has 1 aliphatic rings. The summed E-state index contributed by atoms with van der Waals surface area (Å²) in [7, 11) is 3.12. The monoisotopic (exact) mass is 472 g/mol. The molecule has 0 spiro atoms. The summed E-state index contributed by atoms with van der Waals surface area (Å²) in [5.74, 6) is 1.50. The lowest BCUT2D eigenvalue weighted by Gasteiger charge is -2.14. The number of thioether (sulfide) groups is 1. The molecule has 3 rings (SSSR count). The second-order valence-electron chi connectivity index (χ2n) is 6.70. The Morgan fingerprint density at radius 3 is 2.50 bits per heavy atom. The second kappa shape index (κ2) is 11.0. The maximum Gasteiger partial charge on any atom is 0.266 e. The van der Waals surface area contributed by atoms with Gasteiger partial charge in [-0.1, -0.05) is 30.0 Å². The Bertz CT molecular complexity index is 1040. The van der Waals surface area contributed by atoms with E-state index in [0.29, 0.717) is 33.0 Å². The van der Waals surface area contributed by atoms with Crippen molar-refractivity contribution in [1.29, 1.82) is 0 Å². The highest BCUT2D eigenvalue weighted by atomic mass is 32.2. The van der Waals surface area contributed by atoms with Gasteiger partial charge in [0.2, 0.25) is 5.91 Å². The number of thiocarbonyl (C=S) groups is 1. The summed E-state index contributed by atoms with van der Waals surface area (Å²) >= 11 is 6.57. The number of carbonyl (C=O) groups is 2. The number of amides is 2. The smallest absolute Gasteiger partial charge is 0.266 e. The van der Waals surface area contributed by atoms with Crippen LogP contribution in [0.15, 0.2) is 47.4 Å². The molecule has 2 aromatic rings. The summed E-state index contributed by atoms with van der Waals surface area (Å²) < 4.78 is 16.4. The van der Waals surface area contributed by atoms with Crippen LogP contribution in [0.3, 0.4) is 0 Å². The number of anilines is 1. The number of hydrogen-bond acceptors (Lipinski definition) is 7. The SMILES string of the molecule is CCOc1ccc(NC(=O)CCN2C(=O)C(=Cc3ccc(OC)c(OC)c3)SC2=S)cc1. The van der Waals surface area contributed by atoms with Gasteiger partial charge in [0.1, 0.15) is 10.1 Å². The summed E-state index contributed by atoms with van der Waals surface area (Å²) in [5, 5.41) is 2.82. The largest absolute Gasteiger partial charge is 0.494 e. The highest BCUT2D eigenvalue weighted by molar-refractivity contribution is 8.26. The first-order chi connectivity index (χ1) is 15.4. The van der Waals surface area contributed by atoms with Crippen molar-refractivity contribution in [3.05, 3.63) is 52.9 Å². The first-order valence-electron chi connectivity index (χ1n) is 9.95. The zero-order valence-corrected chi connectivity index (χ0v) is 19.7. The van der Waals surface area contributed by atoms with Crippen molar-refractivity contribution in [2.24, 2.45) is 0 Å². The quantitative estimate of drug-likeness (QED) is 0.430. The normalized spacial score (nSPS) is 14.6. The Balaban J connectivity index is 1.60. The number of carbonyl (C=O) groups excluding carboxylic acids is 2. The molecule has 0 unspecified atom stereocenters. The van der Waals surface area contributed by atoms with E-state index in [2.05, 4.69) is 5.32 Å². The molecule has 1 saturated heterocycles. The average Bonchev–Trinajstić information content (AvgIpc) is 3.06. The third kappa shape index (κ3) is 5.80. The molecule has 1 aliphatic heterocycles. The van der Waals surface area contributed by atoms with Crippen LogP contribution in [0.1, 0.15) is 18.9 Å². The van der Waals surface area contributed by atoms with Gasteiger partial charge in [0.05, 0.1) is 25.7 Å². The van der Waals surface area contributed by atoms with Crippen molar-refractivity contribution in [3.8, 4) is 17.2 Å². The van der Waals surface area contributed by atoms with Crippen molar-refractivity contribution in [2.75, 3.05) is 32.7 Å². The predicted octanol–water partition coefficient (Wildman–Crippen LogP) is 4.33. The van der Waals surface area contributed by atoms with Gasteiger partial charge in [0.15, 0.2) is 11.5 Å².